The second-order valence-electron chi connectivity index (χ2n) is 4.38. The van der Waals surface area contributed by atoms with E-state index in [2.05, 4.69) is 22.0 Å². The quantitative estimate of drug-likeness (QED) is 0.874. The molecule has 2 N–H and O–H groups in total. The lowest BCUT2D eigenvalue weighted by atomic mass is 10.1. The molecule has 0 bridgehead atoms. The van der Waals surface area contributed by atoms with Gasteiger partial charge in [-0.15, -0.1) is 0 Å². The van der Waals surface area contributed by atoms with Crippen LogP contribution in [-0.2, 0) is 6.54 Å². The fourth-order valence-electron chi connectivity index (χ4n) is 1.91. The second kappa shape index (κ2) is 5.80. The molecule has 0 saturated carbocycles. The van der Waals surface area contributed by atoms with Gasteiger partial charge in [0.1, 0.15) is 5.69 Å². The molecular formula is C14H13BrN4O. The van der Waals surface area contributed by atoms with Crippen LogP contribution in [-0.4, -0.2) is 22.5 Å². The highest BCUT2D eigenvalue weighted by molar-refractivity contribution is 9.10. The van der Waals surface area contributed by atoms with E-state index in [0.717, 1.165) is 10.0 Å². The van der Waals surface area contributed by atoms with Crippen LogP contribution in [0.4, 0.5) is 0 Å². The molecule has 6 heteroatoms. The topological polar surface area (TPSA) is 75.0 Å². The molecule has 0 saturated heterocycles. The van der Waals surface area contributed by atoms with Gasteiger partial charge in [-0.2, -0.15) is 5.26 Å². The molecule has 0 spiro atoms. The van der Waals surface area contributed by atoms with Crippen LogP contribution in [0.1, 0.15) is 21.6 Å². The zero-order valence-corrected chi connectivity index (χ0v) is 12.5. The van der Waals surface area contributed by atoms with Gasteiger partial charge in [0.25, 0.3) is 5.91 Å². The monoisotopic (exact) mass is 332 g/mol. The molecule has 1 heterocycles. The van der Waals surface area contributed by atoms with E-state index in [0.29, 0.717) is 17.8 Å². The first kappa shape index (κ1) is 14.2. The highest BCUT2D eigenvalue weighted by Gasteiger charge is 2.17. The van der Waals surface area contributed by atoms with Crippen LogP contribution in [0, 0.1) is 11.3 Å². The third-order valence-electron chi connectivity index (χ3n) is 2.93. The van der Waals surface area contributed by atoms with Crippen LogP contribution in [0.15, 0.2) is 41.0 Å². The number of hydrogen-bond donors (Lipinski definition) is 1. The molecule has 2 aromatic rings. The van der Waals surface area contributed by atoms with E-state index >= 15 is 0 Å². The largest absolute Gasteiger partial charge is 0.339 e. The highest BCUT2D eigenvalue weighted by Crippen LogP contribution is 2.16. The van der Waals surface area contributed by atoms with Crippen LogP contribution in [0.5, 0.6) is 0 Å². The number of nitrogens with zero attached hydrogens (tertiary/aromatic N) is 3. The minimum absolute atomic E-state index is 0.203. The van der Waals surface area contributed by atoms with E-state index < -0.39 is 0 Å². The van der Waals surface area contributed by atoms with Gasteiger partial charge in [-0.05, 0) is 33.6 Å². The maximum absolute atomic E-state index is 12.3. The summed E-state index contributed by atoms with van der Waals surface area (Å²) < 4.78 is 2.02. The summed E-state index contributed by atoms with van der Waals surface area (Å²) in [6.07, 6.45) is 1.62. The molecule has 2 rings (SSSR count). The van der Waals surface area contributed by atoms with Gasteiger partial charge in [-0.25, -0.2) is 0 Å². The summed E-state index contributed by atoms with van der Waals surface area (Å²) in [6.45, 7) is 0.353. The summed E-state index contributed by atoms with van der Waals surface area (Å²) >= 11 is 3.28. The summed E-state index contributed by atoms with van der Waals surface area (Å²) in [5.41, 5.74) is 1.75. The van der Waals surface area contributed by atoms with Crippen molar-refractivity contribution in [2.24, 2.45) is 0 Å². The summed E-state index contributed by atoms with van der Waals surface area (Å²) in [5.74, 6) is 5.51. The molecule has 0 unspecified atom stereocenters. The SMILES string of the molecule is CN(Cc1ccccc1C#N)C(=O)c1cc(Br)cn1N. The van der Waals surface area contributed by atoms with Gasteiger partial charge < -0.3 is 10.7 Å². The third kappa shape index (κ3) is 2.83. The van der Waals surface area contributed by atoms with E-state index in [9.17, 15) is 4.79 Å². The Bertz CT molecular complexity index is 687. The Morgan fingerprint density at radius 1 is 1.50 bits per heavy atom. The number of nitrogen functional groups attached to an aromatic ring is 1. The first-order valence-corrected chi connectivity index (χ1v) is 6.68. The summed E-state index contributed by atoms with van der Waals surface area (Å²) in [4.78, 5) is 13.8. The van der Waals surface area contributed by atoms with Crippen LogP contribution >= 0.6 is 15.9 Å². The van der Waals surface area contributed by atoms with Crippen molar-refractivity contribution in [2.45, 2.75) is 6.54 Å². The zero-order valence-electron chi connectivity index (χ0n) is 10.9. The highest BCUT2D eigenvalue weighted by atomic mass is 79.9. The predicted octanol–water partition coefficient (Wildman–Crippen LogP) is 2.11. The lowest BCUT2D eigenvalue weighted by Gasteiger charge is -2.18. The van der Waals surface area contributed by atoms with E-state index in [1.165, 1.54) is 9.58 Å². The third-order valence-corrected chi connectivity index (χ3v) is 3.36. The molecule has 20 heavy (non-hydrogen) atoms. The van der Waals surface area contributed by atoms with E-state index in [1.54, 1.807) is 31.4 Å². The average Bonchev–Trinajstić information content (AvgIpc) is 2.77. The number of hydrogen-bond acceptors (Lipinski definition) is 3. The Balaban J connectivity index is 2.20. The Hall–Kier alpha value is -2.26. The number of carbonyl (C=O) groups is 1. The van der Waals surface area contributed by atoms with Gasteiger partial charge in [0.05, 0.1) is 11.6 Å². The number of benzene rings is 1. The summed E-state index contributed by atoms with van der Waals surface area (Å²) in [6, 6.07) is 11.0. The number of halogens is 1. The standard InChI is InChI=1S/C14H13BrN4O/c1-18(8-11-5-3-2-4-10(11)7-16)14(20)13-6-12(15)9-19(13)17/h2-6,9H,8,17H2,1H3. The maximum atomic E-state index is 12.3. The predicted molar refractivity (Wildman–Crippen MR) is 79.2 cm³/mol. The van der Waals surface area contributed by atoms with Gasteiger partial charge in [0.15, 0.2) is 0 Å². The smallest absolute Gasteiger partial charge is 0.272 e. The summed E-state index contributed by atoms with van der Waals surface area (Å²) in [5, 5.41) is 9.05. The maximum Gasteiger partial charge on any atom is 0.272 e. The second-order valence-corrected chi connectivity index (χ2v) is 5.30. The molecule has 1 aromatic heterocycles. The number of amides is 1. The number of nitriles is 1. The Morgan fingerprint density at radius 3 is 2.80 bits per heavy atom. The van der Waals surface area contributed by atoms with Gasteiger partial charge in [0, 0.05) is 24.3 Å². The van der Waals surface area contributed by atoms with Crippen molar-refractivity contribution in [3.05, 3.63) is 57.8 Å². The number of nitrogens with two attached hydrogens (primary N) is 1. The first-order valence-electron chi connectivity index (χ1n) is 5.89. The van der Waals surface area contributed by atoms with E-state index in [1.807, 2.05) is 12.1 Å². The minimum Gasteiger partial charge on any atom is -0.339 e. The van der Waals surface area contributed by atoms with Gasteiger partial charge in [0.2, 0.25) is 0 Å². The van der Waals surface area contributed by atoms with Crippen LogP contribution in [0.2, 0.25) is 0 Å². The van der Waals surface area contributed by atoms with Crippen molar-refractivity contribution in [2.75, 3.05) is 12.9 Å². The van der Waals surface area contributed by atoms with Gasteiger partial charge >= 0.3 is 0 Å². The van der Waals surface area contributed by atoms with Crippen LogP contribution in [0.25, 0.3) is 0 Å². The molecule has 0 aliphatic carbocycles. The van der Waals surface area contributed by atoms with Gasteiger partial charge in [-0.1, -0.05) is 18.2 Å². The van der Waals surface area contributed by atoms with Crippen molar-refractivity contribution < 1.29 is 4.79 Å². The number of carbonyl (C=O) groups excluding carboxylic acids is 1. The first-order chi connectivity index (χ1) is 9.52. The molecule has 1 aromatic carbocycles. The molecular weight excluding hydrogens is 320 g/mol. The molecule has 0 aliphatic rings. The molecule has 0 aliphatic heterocycles. The van der Waals surface area contributed by atoms with Crippen molar-refractivity contribution in [3.63, 3.8) is 0 Å². The van der Waals surface area contributed by atoms with E-state index in [4.69, 9.17) is 11.1 Å². The van der Waals surface area contributed by atoms with Crippen LogP contribution in [0.3, 0.4) is 0 Å². The Kier molecular flexibility index (Phi) is 4.11. The lowest BCUT2D eigenvalue weighted by Crippen LogP contribution is -2.30. The molecule has 102 valence electrons. The lowest BCUT2D eigenvalue weighted by molar-refractivity contribution is 0.0776. The van der Waals surface area contributed by atoms with Crippen molar-refractivity contribution in [3.8, 4) is 6.07 Å². The van der Waals surface area contributed by atoms with Crippen LogP contribution < -0.4 is 5.84 Å². The molecule has 5 nitrogen and oxygen atoms in total. The zero-order chi connectivity index (χ0) is 14.7. The average molecular weight is 333 g/mol. The minimum atomic E-state index is -0.203. The fourth-order valence-corrected chi connectivity index (χ4v) is 2.34. The molecule has 1 amide bonds. The van der Waals surface area contributed by atoms with Crippen molar-refractivity contribution >= 4 is 21.8 Å². The fraction of sp³-hybridized carbons (Fsp3) is 0.143. The summed E-state index contributed by atoms with van der Waals surface area (Å²) in [7, 11) is 1.68. The number of rotatable bonds is 3. The Morgan fingerprint density at radius 2 is 2.20 bits per heavy atom. The molecule has 0 fully saturated rings. The Labute approximate surface area is 125 Å². The van der Waals surface area contributed by atoms with E-state index in [-0.39, 0.29) is 5.91 Å². The molecule has 0 atom stereocenters. The number of aromatic nitrogens is 1. The molecule has 0 radical (unpaired) electrons. The van der Waals surface area contributed by atoms with Gasteiger partial charge in [-0.3, -0.25) is 9.47 Å². The van der Waals surface area contributed by atoms with Crippen molar-refractivity contribution in [1.29, 1.82) is 5.26 Å². The van der Waals surface area contributed by atoms with Crippen molar-refractivity contribution in [1.82, 2.24) is 9.58 Å². The normalized spacial score (nSPS) is 10.1.